The van der Waals surface area contributed by atoms with Crippen molar-refractivity contribution in [2.45, 2.75) is 53.1 Å². The molecule has 0 aliphatic carbocycles. The molecule has 0 aliphatic heterocycles. The Balaban J connectivity index is 1.92. The van der Waals surface area contributed by atoms with Crippen LogP contribution in [0.5, 0.6) is 0 Å². The minimum Gasteiger partial charge on any atom is -0.308 e. The van der Waals surface area contributed by atoms with Crippen molar-refractivity contribution < 1.29 is 22.4 Å². The van der Waals surface area contributed by atoms with E-state index in [4.69, 9.17) is 0 Å². The average molecular weight is 606 g/mol. The zero-order chi connectivity index (χ0) is 28.7. The van der Waals surface area contributed by atoms with Crippen molar-refractivity contribution in [2.24, 2.45) is 11.8 Å². The predicted octanol–water partition coefficient (Wildman–Crippen LogP) is 10.7. The van der Waals surface area contributed by atoms with Crippen LogP contribution in [-0.4, -0.2) is 6.03 Å². The maximum Gasteiger partial charge on any atom is 0.416 e. The summed E-state index contributed by atoms with van der Waals surface area (Å²) in [5.74, 6) is 0.748. The number of carbonyl (C=O) groups is 1. The standard InChI is InChI=1S/C31H33BrF4N2O/c1-5-19(3)21(6-2)18-29(32)20(4)23-15-24(22-7-11-26(33)12-8-22)17-28(16-23)38-30(39)37-27-13-9-25(10-14-27)31(34,35)36/h7-17,19,21H,5-6,18H2,1-4H3,(H2,37,38,39)/b29-20-. The van der Waals surface area contributed by atoms with Gasteiger partial charge in [-0.3, -0.25) is 0 Å². The Labute approximate surface area is 235 Å². The molecule has 2 amide bonds. The summed E-state index contributed by atoms with van der Waals surface area (Å²) in [5, 5.41) is 5.36. The number of halogens is 5. The van der Waals surface area contributed by atoms with Gasteiger partial charge in [0.05, 0.1) is 5.56 Å². The van der Waals surface area contributed by atoms with E-state index in [1.807, 2.05) is 19.1 Å². The number of anilines is 2. The Kier molecular flexibility index (Phi) is 10.4. The Morgan fingerprint density at radius 1 is 0.872 bits per heavy atom. The molecule has 0 saturated heterocycles. The molecule has 3 aromatic rings. The number of alkyl halides is 3. The fraction of sp³-hybridized carbons (Fsp3) is 0.323. The zero-order valence-electron chi connectivity index (χ0n) is 22.4. The molecule has 0 heterocycles. The average Bonchev–Trinajstić information content (AvgIpc) is 2.90. The van der Waals surface area contributed by atoms with E-state index in [-0.39, 0.29) is 11.5 Å². The second kappa shape index (κ2) is 13.3. The summed E-state index contributed by atoms with van der Waals surface area (Å²) in [6, 6.07) is 15.4. The van der Waals surface area contributed by atoms with E-state index in [2.05, 4.69) is 47.3 Å². The molecule has 3 nitrogen and oxygen atoms in total. The molecule has 8 heteroatoms. The van der Waals surface area contributed by atoms with Crippen molar-refractivity contribution in [2.75, 3.05) is 10.6 Å². The zero-order valence-corrected chi connectivity index (χ0v) is 24.0. The first-order valence-electron chi connectivity index (χ1n) is 12.9. The van der Waals surface area contributed by atoms with Crippen LogP contribution in [0.3, 0.4) is 0 Å². The minimum absolute atomic E-state index is 0.227. The lowest BCUT2D eigenvalue weighted by atomic mass is 9.86. The predicted molar refractivity (Wildman–Crippen MR) is 155 cm³/mol. The van der Waals surface area contributed by atoms with Crippen molar-refractivity contribution in [1.82, 2.24) is 0 Å². The van der Waals surface area contributed by atoms with Gasteiger partial charge < -0.3 is 10.6 Å². The van der Waals surface area contributed by atoms with Crippen molar-refractivity contribution in [3.05, 3.63) is 88.2 Å². The highest BCUT2D eigenvalue weighted by molar-refractivity contribution is 9.11. The first kappa shape index (κ1) is 30.4. The van der Waals surface area contributed by atoms with Gasteiger partial charge in [0.1, 0.15) is 5.82 Å². The molecular formula is C31H33BrF4N2O. The fourth-order valence-electron chi connectivity index (χ4n) is 4.38. The maximum absolute atomic E-state index is 13.6. The van der Waals surface area contributed by atoms with Crippen LogP contribution in [0.1, 0.15) is 58.1 Å². The first-order valence-corrected chi connectivity index (χ1v) is 13.7. The Hall–Kier alpha value is -3.13. The van der Waals surface area contributed by atoms with Gasteiger partial charge in [-0.2, -0.15) is 13.2 Å². The maximum atomic E-state index is 13.6. The molecule has 2 atom stereocenters. The Morgan fingerprint density at radius 3 is 2.05 bits per heavy atom. The van der Waals surface area contributed by atoms with Gasteiger partial charge in [-0.25, -0.2) is 9.18 Å². The van der Waals surface area contributed by atoms with Gasteiger partial charge >= 0.3 is 12.2 Å². The van der Waals surface area contributed by atoms with Crippen LogP contribution in [0.25, 0.3) is 16.7 Å². The van der Waals surface area contributed by atoms with Crippen molar-refractivity contribution in [3.63, 3.8) is 0 Å². The molecular weight excluding hydrogens is 572 g/mol. The largest absolute Gasteiger partial charge is 0.416 e. The van der Waals surface area contributed by atoms with E-state index in [0.29, 0.717) is 17.5 Å². The Bertz CT molecular complexity index is 1300. The molecule has 39 heavy (non-hydrogen) atoms. The number of hydrogen-bond donors (Lipinski definition) is 2. The van der Waals surface area contributed by atoms with Gasteiger partial charge in [0, 0.05) is 11.4 Å². The third kappa shape index (κ3) is 8.43. The van der Waals surface area contributed by atoms with Gasteiger partial charge in [-0.05, 0) is 107 Å². The van der Waals surface area contributed by atoms with Crippen LogP contribution in [0.15, 0.2) is 71.2 Å². The third-order valence-electron chi connectivity index (χ3n) is 7.09. The fourth-order valence-corrected chi connectivity index (χ4v) is 5.03. The summed E-state index contributed by atoms with van der Waals surface area (Å²) in [5.41, 5.74) is 3.39. The van der Waals surface area contributed by atoms with Crippen LogP contribution >= 0.6 is 15.9 Å². The molecule has 0 bridgehead atoms. The summed E-state index contributed by atoms with van der Waals surface area (Å²) >= 11 is 3.80. The number of allylic oxidation sites excluding steroid dienone is 2. The van der Waals surface area contributed by atoms with Crippen LogP contribution in [0.2, 0.25) is 0 Å². The lowest BCUT2D eigenvalue weighted by molar-refractivity contribution is -0.137. The molecule has 0 fully saturated rings. The minimum atomic E-state index is -4.45. The van der Waals surface area contributed by atoms with Gasteiger partial charge in [-0.15, -0.1) is 0 Å². The monoisotopic (exact) mass is 604 g/mol. The number of urea groups is 1. The molecule has 208 valence electrons. The highest BCUT2D eigenvalue weighted by Crippen LogP contribution is 2.36. The van der Waals surface area contributed by atoms with E-state index in [0.717, 1.165) is 58.1 Å². The van der Waals surface area contributed by atoms with Gasteiger partial charge in [-0.1, -0.05) is 61.7 Å². The molecule has 0 saturated carbocycles. The van der Waals surface area contributed by atoms with E-state index in [9.17, 15) is 22.4 Å². The molecule has 0 radical (unpaired) electrons. The second-order valence-electron chi connectivity index (χ2n) is 9.75. The van der Waals surface area contributed by atoms with Crippen molar-refractivity contribution in [3.8, 4) is 11.1 Å². The quantitative estimate of drug-likeness (QED) is 0.234. The number of hydrogen-bond acceptors (Lipinski definition) is 1. The molecule has 0 aromatic heterocycles. The van der Waals surface area contributed by atoms with Crippen LogP contribution in [0, 0.1) is 17.7 Å². The highest BCUT2D eigenvalue weighted by atomic mass is 79.9. The van der Waals surface area contributed by atoms with Crippen molar-refractivity contribution >= 4 is 38.9 Å². The molecule has 3 aromatic carbocycles. The van der Waals surface area contributed by atoms with E-state index >= 15 is 0 Å². The normalized spacial score (nSPS) is 13.9. The summed E-state index contributed by atoms with van der Waals surface area (Å²) < 4.78 is 53.2. The number of rotatable bonds is 9. The number of nitrogens with one attached hydrogen (secondary N) is 2. The molecule has 2 unspecified atom stereocenters. The van der Waals surface area contributed by atoms with E-state index < -0.39 is 17.8 Å². The van der Waals surface area contributed by atoms with Crippen LogP contribution < -0.4 is 10.6 Å². The Morgan fingerprint density at radius 2 is 1.49 bits per heavy atom. The summed E-state index contributed by atoms with van der Waals surface area (Å²) in [6.45, 7) is 8.66. The third-order valence-corrected chi connectivity index (χ3v) is 8.01. The lowest BCUT2D eigenvalue weighted by Gasteiger charge is -2.22. The van der Waals surface area contributed by atoms with Crippen molar-refractivity contribution in [1.29, 1.82) is 0 Å². The van der Waals surface area contributed by atoms with E-state index in [1.54, 1.807) is 18.2 Å². The lowest BCUT2D eigenvalue weighted by Crippen LogP contribution is -2.19. The summed E-state index contributed by atoms with van der Waals surface area (Å²) in [6.07, 6.45) is -1.41. The molecule has 2 N–H and O–H groups in total. The topological polar surface area (TPSA) is 41.1 Å². The second-order valence-corrected chi connectivity index (χ2v) is 10.7. The number of amides is 2. The summed E-state index contributed by atoms with van der Waals surface area (Å²) in [7, 11) is 0. The van der Waals surface area contributed by atoms with Crippen LogP contribution in [-0.2, 0) is 6.18 Å². The van der Waals surface area contributed by atoms with Crippen LogP contribution in [0.4, 0.5) is 33.7 Å². The van der Waals surface area contributed by atoms with Gasteiger partial charge in [0.2, 0.25) is 0 Å². The molecule has 0 spiro atoms. The van der Waals surface area contributed by atoms with Gasteiger partial charge in [0.25, 0.3) is 0 Å². The number of carbonyl (C=O) groups excluding carboxylic acids is 1. The highest BCUT2D eigenvalue weighted by Gasteiger charge is 2.30. The van der Waals surface area contributed by atoms with Gasteiger partial charge in [0.15, 0.2) is 0 Å². The number of benzene rings is 3. The smallest absolute Gasteiger partial charge is 0.308 e. The SMILES string of the molecule is CCC(C)C(CC)C/C(Br)=C(\C)c1cc(NC(=O)Nc2ccc(C(F)(F)F)cc2)cc(-c2ccc(F)cc2)c1. The van der Waals surface area contributed by atoms with E-state index in [1.165, 1.54) is 24.3 Å². The molecule has 3 rings (SSSR count). The summed E-state index contributed by atoms with van der Waals surface area (Å²) in [4.78, 5) is 12.7. The first-order chi connectivity index (χ1) is 18.4. The molecule has 0 aliphatic rings.